The van der Waals surface area contributed by atoms with Crippen LogP contribution in [-0.4, -0.2) is 20.3 Å². The molecule has 0 N–H and O–H groups in total. The smallest absolute Gasteiger partial charge is 0.0691 e. The molecule has 118 valence electrons. The van der Waals surface area contributed by atoms with Crippen molar-refractivity contribution in [2.24, 2.45) is 5.41 Å². The van der Waals surface area contributed by atoms with Crippen LogP contribution in [0.5, 0.6) is 0 Å². The van der Waals surface area contributed by atoms with Crippen molar-refractivity contribution >= 4 is 12.0 Å². The predicted molar refractivity (Wildman–Crippen MR) is 91.3 cm³/mol. The van der Waals surface area contributed by atoms with Gasteiger partial charge in [0.25, 0.3) is 0 Å². The molecular weight excluding hydrogens is 268 g/mol. The maximum atomic E-state index is 5.61. The van der Waals surface area contributed by atoms with Crippen molar-refractivity contribution in [1.82, 2.24) is 0 Å². The van der Waals surface area contributed by atoms with Gasteiger partial charge in [-0.05, 0) is 19.1 Å². The Bertz CT molecular complexity index is 307. The molecule has 0 atom stereocenters. The van der Waals surface area contributed by atoms with Gasteiger partial charge in [0.05, 0.1) is 13.2 Å². The highest BCUT2D eigenvalue weighted by molar-refractivity contribution is 7.94. The Kier molecular flexibility index (Phi) is 14.7. The van der Waals surface area contributed by atoms with Crippen LogP contribution in [0, 0.1) is 12.3 Å². The summed E-state index contributed by atoms with van der Waals surface area (Å²) in [6, 6.07) is 8.32. The van der Waals surface area contributed by atoms with Gasteiger partial charge in [-0.15, -0.1) is 0 Å². The minimum Gasteiger partial charge on any atom is -0.384 e. The Morgan fingerprint density at radius 2 is 1.45 bits per heavy atom. The van der Waals surface area contributed by atoms with E-state index in [9.17, 15) is 0 Å². The maximum Gasteiger partial charge on any atom is 0.0691 e. The second kappa shape index (κ2) is 13.5. The fourth-order valence-electron chi connectivity index (χ4n) is 1.28. The second-order valence-corrected chi connectivity index (χ2v) is 5.63. The van der Waals surface area contributed by atoms with Crippen LogP contribution in [0.15, 0.2) is 29.2 Å². The van der Waals surface area contributed by atoms with Crippen LogP contribution in [0.25, 0.3) is 0 Å². The van der Waals surface area contributed by atoms with E-state index in [0.29, 0.717) is 13.2 Å². The third kappa shape index (κ3) is 11.3. The summed E-state index contributed by atoms with van der Waals surface area (Å²) in [5.74, 6) is 0. The van der Waals surface area contributed by atoms with Gasteiger partial charge >= 0.3 is 0 Å². The van der Waals surface area contributed by atoms with Crippen LogP contribution in [0.1, 0.15) is 47.1 Å². The molecule has 20 heavy (non-hydrogen) atoms. The van der Waals surface area contributed by atoms with Gasteiger partial charge in [-0.1, -0.05) is 59.2 Å². The van der Waals surface area contributed by atoms with Crippen molar-refractivity contribution in [3.63, 3.8) is 0 Å². The topological polar surface area (TPSA) is 18.5 Å². The molecule has 1 aromatic rings. The summed E-state index contributed by atoms with van der Waals surface area (Å²) < 4.78 is 10.7. The largest absolute Gasteiger partial charge is 0.384 e. The maximum absolute atomic E-state index is 5.61. The second-order valence-electron chi connectivity index (χ2n) is 4.76. The lowest BCUT2D eigenvalue weighted by Crippen LogP contribution is -2.23. The first-order chi connectivity index (χ1) is 9.53. The highest BCUT2D eigenvalue weighted by atomic mass is 32.2. The molecule has 0 aromatic heterocycles. The number of aryl methyl sites for hydroxylation is 1. The summed E-state index contributed by atoms with van der Waals surface area (Å²) in [4.78, 5) is 1.14. The minimum absolute atomic E-state index is 0.0620. The lowest BCUT2D eigenvalue weighted by Gasteiger charge is -2.22. The molecule has 0 aliphatic rings. The third-order valence-electron chi connectivity index (χ3n) is 2.16. The Morgan fingerprint density at radius 3 is 1.90 bits per heavy atom. The Hall–Kier alpha value is -0.510. The van der Waals surface area contributed by atoms with Crippen molar-refractivity contribution in [2.75, 3.05) is 20.3 Å². The summed E-state index contributed by atoms with van der Waals surface area (Å²) in [5.41, 5.74) is 1.33. The number of benzene rings is 1. The van der Waals surface area contributed by atoms with E-state index >= 15 is 0 Å². The zero-order valence-corrected chi connectivity index (χ0v) is 15.3. The molecule has 1 aromatic carbocycles. The summed E-state index contributed by atoms with van der Waals surface area (Å²) in [6.45, 7) is 15.7. The van der Waals surface area contributed by atoms with Gasteiger partial charge < -0.3 is 8.92 Å². The van der Waals surface area contributed by atoms with E-state index in [4.69, 9.17) is 8.92 Å². The Balaban J connectivity index is 0. The molecule has 0 heterocycles. The number of methoxy groups -OCH3 is 1. The Morgan fingerprint density at radius 1 is 0.950 bits per heavy atom. The SMILES string of the molecule is CC.CC.COCC(C)(C)COSc1ccc(C)cc1. The van der Waals surface area contributed by atoms with Gasteiger partial charge in [0, 0.05) is 29.5 Å². The van der Waals surface area contributed by atoms with E-state index in [1.165, 1.54) is 17.6 Å². The molecule has 0 spiro atoms. The summed E-state index contributed by atoms with van der Waals surface area (Å²) in [5, 5.41) is 0. The summed E-state index contributed by atoms with van der Waals surface area (Å²) in [6.07, 6.45) is 0. The number of hydrogen-bond donors (Lipinski definition) is 0. The predicted octanol–water partition coefficient (Wildman–Crippen LogP) is 5.74. The fourth-order valence-corrected chi connectivity index (χ4v) is 2.04. The number of hydrogen-bond acceptors (Lipinski definition) is 3. The highest BCUT2D eigenvalue weighted by Crippen LogP contribution is 2.24. The first-order valence-corrected chi connectivity index (χ1v) is 8.13. The van der Waals surface area contributed by atoms with E-state index in [-0.39, 0.29) is 5.41 Å². The molecule has 0 saturated carbocycles. The molecule has 2 nitrogen and oxygen atoms in total. The third-order valence-corrected chi connectivity index (χ3v) is 2.86. The molecule has 0 saturated heterocycles. The van der Waals surface area contributed by atoms with E-state index in [1.54, 1.807) is 7.11 Å². The van der Waals surface area contributed by atoms with Crippen LogP contribution in [0.4, 0.5) is 0 Å². The standard InChI is InChI=1S/C13H20O2S.2C2H6/c1-11-5-7-12(8-6-11)16-15-10-13(2,3)9-14-4;2*1-2/h5-8H,9-10H2,1-4H3;2*1-2H3. The van der Waals surface area contributed by atoms with Crippen LogP contribution in [0.2, 0.25) is 0 Å². The monoisotopic (exact) mass is 300 g/mol. The quantitative estimate of drug-likeness (QED) is 0.624. The zero-order valence-electron chi connectivity index (χ0n) is 14.4. The van der Waals surface area contributed by atoms with Crippen LogP contribution in [-0.2, 0) is 8.92 Å². The van der Waals surface area contributed by atoms with Gasteiger partial charge in [0.15, 0.2) is 0 Å². The first-order valence-electron chi connectivity index (χ1n) is 7.38. The molecular formula is C17H32O2S. The minimum atomic E-state index is 0.0620. The molecule has 0 amide bonds. The van der Waals surface area contributed by atoms with Gasteiger partial charge in [-0.25, -0.2) is 0 Å². The molecule has 0 bridgehead atoms. The van der Waals surface area contributed by atoms with Crippen LogP contribution in [0.3, 0.4) is 0 Å². The van der Waals surface area contributed by atoms with Crippen LogP contribution >= 0.6 is 12.0 Å². The molecule has 0 aliphatic heterocycles. The van der Waals surface area contributed by atoms with Crippen molar-refractivity contribution in [3.05, 3.63) is 29.8 Å². The molecule has 0 fully saturated rings. The van der Waals surface area contributed by atoms with Gasteiger partial charge in [-0.3, -0.25) is 0 Å². The Labute approximate surface area is 130 Å². The van der Waals surface area contributed by atoms with E-state index < -0.39 is 0 Å². The number of rotatable bonds is 6. The number of ether oxygens (including phenoxy) is 1. The van der Waals surface area contributed by atoms with Gasteiger partial charge in [0.2, 0.25) is 0 Å². The molecule has 3 heteroatoms. The fraction of sp³-hybridized carbons (Fsp3) is 0.647. The average molecular weight is 301 g/mol. The summed E-state index contributed by atoms with van der Waals surface area (Å²) in [7, 11) is 1.72. The molecule has 0 radical (unpaired) electrons. The van der Waals surface area contributed by atoms with Gasteiger partial charge in [-0.2, -0.15) is 0 Å². The van der Waals surface area contributed by atoms with E-state index in [1.807, 2.05) is 27.7 Å². The van der Waals surface area contributed by atoms with Crippen molar-refractivity contribution < 1.29 is 8.92 Å². The highest BCUT2D eigenvalue weighted by Gasteiger charge is 2.18. The molecule has 0 unspecified atom stereocenters. The van der Waals surface area contributed by atoms with Gasteiger partial charge in [0.1, 0.15) is 0 Å². The van der Waals surface area contributed by atoms with Crippen molar-refractivity contribution in [3.8, 4) is 0 Å². The molecule has 0 aliphatic carbocycles. The lowest BCUT2D eigenvalue weighted by molar-refractivity contribution is 0.0714. The van der Waals surface area contributed by atoms with E-state index in [0.717, 1.165) is 4.90 Å². The molecule has 1 rings (SSSR count). The normalized spacial score (nSPS) is 10.0. The first kappa shape index (κ1) is 21.8. The van der Waals surface area contributed by atoms with E-state index in [2.05, 4.69) is 45.0 Å². The van der Waals surface area contributed by atoms with Crippen molar-refractivity contribution in [1.29, 1.82) is 0 Å². The van der Waals surface area contributed by atoms with Crippen LogP contribution < -0.4 is 0 Å². The van der Waals surface area contributed by atoms with Crippen molar-refractivity contribution in [2.45, 2.75) is 53.4 Å². The lowest BCUT2D eigenvalue weighted by atomic mass is 9.97. The summed E-state index contributed by atoms with van der Waals surface area (Å²) >= 11 is 1.43. The average Bonchev–Trinajstić information content (AvgIpc) is 2.45. The zero-order chi connectivity index (χ0) is 16.0.